The molecule has 3 heterocycles. The van der Waals surface area contributed by atoms with Crippen LogP contribution < -0.4 is 0 Å². The average Bonchev–Trinajstić information content (AvgIpc) is 3.34. The summed E-state index contributed by atoms with van der Waals surface area (Å²) in [6, 6.07) is 18.1. The number of thiophene rings is 1. The van der Waals surface area contributed by atoms with Crippen molar-refractivity contribution < 1.29 is 13.6 Å². The van der Waals surface area contributed by atoms with Crippen LogP contribution in [0.3, 0.4) is 0 Å². The Morgan fingerprint density at radius 2 is 1.64 bits per heavy atom. The fourth-order valence-corrected chi connectivity index (χ4v) is 5.86. The first-order valence-corrected chi connectivity index (χ1v) is 12.4. The van der Waals surface area contributed by atoms with Gasteiger partial charge in [0.1, 0.15) is 5.69 Å². The number of nitrogens with zero attached hydrogens (tertiary/aromatic N) is 3. The Morgan fingerprint density at radius 3 is 2.36 bits per heavy atom. The molecule has 0 bridgehead atoms. The number of aromatic nitrogens is 1. The van der Waals surface area contributed by atoms with E-state index in [4.69, 9.17) is 0 Å². The molecule has 1 saturated heterocycles. The van der Waals surface area contributed by atoms with E-state index < -0.39 is 11.6 Å². The minimum Gasteiger partial charge on any atom is -0.335 e. The van der Waals surface area contributed by atoms with Crippen LogP contribution in [0, 0.1) is 11.6 Å². The van der Waals surface area contributed by atoms with Gasteiger partial charge < -0.3 is 9.47 Å². The highest BCUT2D eigenvalue weighted by atomic mass is 79.9. The van der Waals surface area contributed by atoms with E-state index in [0.717, 1.165) is 39.7 Å². The van der Waals surface area contributed by atoms with Crippen molar-refractivity contribution >= 4 is 43.4 Å². The second-order valence-electron chi connectivity index (χ2n) is 8.22. The van der Waals surface area contributed by atoms with Crippen LogP contribution in [-0.4, -0.2) is 46.5 Å². The molecule has 1 aliphatic heterocycles. The van der Waals surface area contributed by atoms with Crippen molar-refractivity contribution in [1.82, 2.24) is 14.4 Å². The molecule has 1 aliphatic rings. The number of carbonyl (C=O) groups excluding carboxylic acids is 1. The van der Waals surface area contributed by atoms with E-state index in [1.165, 1.54) is 11.6 Å². The summed E-state index contributed by atoms with van der Waals surface area (Å²) in [4.78, 5) is 17.7. The number of carbonyl (C=O) groups is 1. The highest BCUT2D eigenvalue weighted by Crippen LogP contribution is 2.33. The molecule has 0 aliphatic carbocycles. The van der Waals surface area contributed by atoms with Gasteiger partial charge >= 0.3 is 0 Å². The maximum absolute atomic E-state index is 13.8. The van der Waals surface area contributed by atoms with Gasteiger partial charge in [-0.2, -0.15) is 0 Å². The molecule has 33 heavy (non-hydrogen) atoms. The molecule has 0 N–H and O–H groups in total. The van der Waals surface area contributed by atoms with Gasteiger partial charge in [-0.1, -0.05) is 36.4 Å². The summed E-state index contributed by atoms with van der Waals surface area (Å²) in [5.74, 6) is -1.79. The topological polar surface area (TPSA) is 28.5 Å². The van der Waals surface area contributed by atoms with E-state index >= 15 is 0 Å². The summed E-state index contributed by atoms with van der Waals surface area (Å²) in [7, 11) is 0. The lowest BCUT2D eigenvalue weighted by atomic mass is 10.2. The van der Waals surface area contributed by atoms with Crippen LogP contribution in [0.1, 0.15) is 21.6 Å². The lowest BCUT2D eigenvalue weighted by molar-refractivity contribution is 0.0619. The third-order valence-electron chi connectivity index (χ3n) is 6.01. The minimum absolute atomic E-state index is 0.0310. The summed E-state index contributed by atoms with van der Waals surface area (Å²) in [6.07, 6.45) is 0. The van der Waals surface area contributed by atoms with Gasteiger partial charge in [-0.15, -0.1) is 11.3 Å². The third-order valence-corrected chi connectivity index (χ3v) is 7.59. The first-order chi connectivity index (χ1) is 16.0. The molecule has 2 aromatic carbocycles. The van der Waals surface area contributed by atoms with Gasteiger partial charge in [0.05, 0.1) is 14.0 Å². The number of hydrogen-bond donors (Lipinski definition) is 0. The van der Waals surface area contributed by atoms with Gasteiger partial charge in [0.15, 0.2) is 11.6 Å². The minimum atomic E-state index is -0.884. The molecular formula is C25H22BrF2N3OS. The standard InChI is InChI=1S/C25H22BrF2N3OS/c26-24-14-21-23(33-24)13-22(31(21)16-18-6-7-19(27)20(28)12-18)25(32)30-10-8-29(9-11-30)15-17-4-2-1-3-5-17/h1-7,12-14H,8-11,15-16H2. The summed E-state index contributed by atoms with van der Waals surface area (Å²) in [5.41, 5.74) is 3.35. The molecule has 0 atom stereocenters. The Kier molecular flexibility index (Phi) is 6.32. The molecule has 0 spiro atoms. The van der Waals surface area contributed by atoms with Crippen molar-refractivity contribution in [3.8, 4) is 0 Å². The molecule has 0 unspecified atom stereocenters. The predicted octanol–water partition coefficient (Wildman–Crippen LogP) is 5.75. The zero-order valence-corrected chi connectivity index (χ0v) is 20.2. The highest BCUT2D eigenvalue weighted by molar-refractivity contribution is 9.11. The summed E-state index contributed by atoms with van der Waals surface area (Å²) < 4.78 is 31.0. The molecule has 5 rings (SSSR count). The fraction of sp³-hybridized carbons (Fsp3) is 0.240. The second-order valence-corrected chi connectivity index (χ2v) is 10.7. The number of halogens is 3. The first-order valence-electron chi connectivity index (χ1n) is 10.8. The molecule has 8 heteroatoms. The SMILES string of the molecule is O=C(c1cc2sc(Br)cc2n1Cc1ccc(F)c(F)c1)N1CCN(Cc2ccccc2)CC1. The van der Waals surface area contributed by atoms with Gasteiger partial charge in [-0.25, -0.2) is 8.78 Å². The van der Waals surface area contributed by atoms with Crippen LogP contribution in [0.5, 0.6) is 0 Å². The normalized spacial score (nSPS) is 14.8. The molecule has 1 fully saturated rings. The van der Waals surface area contributed by atoms with Gasteiger partial charge in [-0.05, 0) is 51.3 Å². The molecule has 4 aromatic rings. The summed E-state index contributed by atoms with van der Waals surface area (Å²) in [5, 5.41) is 0. The van der Waals surface area contributed by atoms with Crippen molar-refractivity contribution in [1.29, 1.82) is 0 Å². The van der Waals surface area contributed by atoms with Crippen LogP contribution in [0.25, 0.3) is 10.2 Å². The largest absolute Gasteiger partial charge is 0.335 e. The van der Waals surface area contributed by atoms with E-state index in [0.29, 0.717) is 30.9 Å². The summed E-state index contributed by atoms with van der Waals surface area (Å²) >= 11 is 5.06. The van der Waals surface area contributed by atoms with Gasteiger partial charge in [-0.3, -0.25) is 9.69 Å². The van der Waals surface area contributed by atoms with Gasteiger partial charge in [0.2, 0.25) is 0 Å². The van der Waals surface area contributed by atoms with Gasteiger partial charge in [0, 0.05) is 39.3 Å². The zero-order valence-electron chi connectivity index (χ0n) is 17.8. The number of amides is 1. The van der Waals surface area contributed by atoms with Crippen LogP contribution in [0.4, 0.5) is 8.78 Å². The van der Waals surface area contributed by atoms with E-state index in [-0.39, 0.29) is 5.91 Å². The van der Waals surface area contributed by atoms with Crippen LogP contribution >= 0.6 is 27.3 Å². The van der Waals surface area contributed by atoms with Crippen molar-refractivity contribution in [3.05, 3.63) is 92.9 Å². The smallest absolute Gasteiger partial charge is 0.270 e. The number of benzene rings is 2. The molecule has 170 valence electrons. The maximum atomic E-state index is 13.8. The van der Waals surface area contributed by atoms with Crippen molar-refractivity contribution in [2.45, 2.75) is 13.1 Å². The van der Waals surface area contributed by atoms with E-state index in [2.05, 4.69) is 33.0 Å². The quantitative estimate of drug-likeness (QED) is 0.329. The van der Waals surface area contributed by atoms with Crippen molar-refractivity contribution in [2.24, 2.45) is 0 Å². The lowest BCUT2D eigenvalue weighted by Crippen LogP contribution is -2.48. The number of piperazine rings is 1. The first kappa shape index (κ1) is 22.3. The van der Waals surface area contributed by atoms with E-state index in [1.807, 2.05) is 39.8 Å². The predicted molar refractivity (Wildman–Crippen MR) is 131 cm³/mol. The monoisotopic (exact) mass is 529 g/mol. The molecule has 2 aromatic heterocycles. The number of rotatable bonds is 5. The number of hydrogen-bond acceptors (Lipinski definition) is 3. The van der Waals surface area contributed by atoms with E-state index in [1.54, 1.807) is 17.4 Å². The Hall–Kier alpha value is -2.55. The van der Waals surface area contributed by atoms with Gasteiger partial charge in [0.25, 0.3) is 5.91 Å². The molecule has 4 nitrogen and oxygen atoms in total. The Labute approximate surface area is 203 Å². The Balaban J connectivity index is 1.35. The lowest BCUT2D eigenvalue weighted by Gasteiger charge is -2.35. The van der Waals surface area contributed by atoms with Crippen LogP contribution in [0.15, 0.2) is 64.5 Å². The Morgan fingerprint density at radius 1 is 0.879 bits per heavy atom. The third kappa shape index (κ3) is 4.74. The fourth-order valence-electron chi connectivity index (χ4n) is 4.29. The van der Waals surface area contributed by atoms with Crippen LogP contribution in [-0.2, 0) is 13.1 Å². The highest BCUT2D eigenvalue weighted by Gasteiger charge is 2.26. The van der Waals surface area contributed by atoms with Crippen LogP contribution in [0.2, 0.25) is 0 Å². The zero-order chi connectivity index (χ0) is 22.9. The number of fused-ring (bicyclic) bond motifs is 1. The second kappa shape index (κ2) is 9.37. The van der Waals surface area contributed by atoms with E-state index in [9.17, 15) is 13.6 Å². The van der Waals surface area contributed by atoms with Crippen molar-refractivity contribution in [3.63, 3.8) is 0 Å². The Bertz CT molecular complexity index is 1300. The average molecular weight is 530 g/mol. The molecular weight excluding hydrogens is 508 g/mol. The van der Waals surface area contributed by atoms with Crippen molar-refractivity contribution in [2.75, 3.05) is 26.2 Å². The molecule has 0 saturated carbocycles. The maximum Gasteiger partial charge on any atom is 0.270 e. The summed E-state index contributed by atoms with van der Waals surface area (Å²) in [6.45, 7) is 4.09. The molecule has 1 amide bonds. The molecule has 0 radical (unpaired) electrons.